The second-order valence-electron chi connectivity index (χ2n) is 7.86. The molecule has 1 heteroatoms. The topological polar surface area (TPSA) is 17.1 Å². The van der Waals surface area contributed by atoms with Crippen LogP contribution in [0.1, 0.15) is 61.0 Å². The number of rotatable bonds is 4. The molecule has 0 amide bonds. The lowest BCUT2D eigenvalue weighted by molar-refractivity contribution is 0.0991. The maximum Gasteiger partial charge on any atom is 0.167 e. The van der Waals surface area contributed by atoms with E-state index in [4.69, 9.17) is 0 Å². The molecule has 1 fully saturated rings. The summed E-state index contributed by atoms with van der Waals surface area (Å²) in [4.78, 5) is 12.4. The predicted octanol–water partition coefficient (Wildman–Crippen LogP) is 5.65. The van der Waals surface area contributed by atoms with Crippen molar-refractivity contribution < 1.29 is 4.79 Å². The van der Waals surface area contributed by atoms with Gasteiger partial charge in [0.25, 0.3) is 0 Å². The van der Waals surface area contributed by atoms with Crippen LogP contribution in [-0.4, -0.2) is 5.78 Å². The van der Waals surface area contributed by atoms with Gasteiger partial charge in [-0.25, -0.2) is 0 Å². The van der Waals surface area contributed by atoms with Crippen molar-refractivity contribution in [1.82, 2.24) is 0 Å². The summed E-state index contributed by atoms with van der Waals surface area (Å²) in [6.07, 6.45) is 3.08. The zero-order valence-electron chi connectivity index (χ0n) is 14.4. The molecule has 3 rings (SSSR count). The molecule has 2 aromatic rings. The van der Waals surface area contributed by atoms with Gasteiger partial charge in [0.1, 0.15) is 0 Å². The van der Waals surface area contributed by atoms with Crippen LogP contribution in [0, 0.1) is 11.3 Å². The summed E-state index contributed by atoms with van der Waals surface area (Å²) < 4.78 is 0. The van der Waals surface area contributed by atoms with E-state index >= 15 is 0 Å². The molecular formula is C22H26O. The first kappa shape index (κ1) is 16.0. The lowest BCUT2D eigenvalue weighted by Gasteiger charge is -2.45. The van der Waals surface area contributed by atoms with E-state index < -0.39 is 0 Å². The van der Waals surface area contributed by atoms with Crippen molar-refractivity contribution in [3.8, 4) is 0 Å². The van der Waals surface area contributed by atoms with Crippen molar-refractivity contribution in [3.63, 3.8) is 0 Å². The SMILES string of the molecule is CC(C)(C)C1CCC1c1ccc(C(=O)Cc2ccccc2)cc1. The monoisotopic (exact) mass is 306 g/mol. The Kier molecular flexibility index (Phi) is 4.39. The van der Waals surface area contributed by atoms with E-state index in [0.717, 1.165) is 17.0 Å². The van der Waals surface area contributed by atoms with Crippen LogP contribution in [0.25, 0.3) is 0 Å². The van der Waals surface area contributed by atoms with Crippen molar-refractivity contribution >= 4 is 5.78 Å². The number of carbonyl (C=O) groups excluding carboxylic acids is 1. The second-order valence-corrected chi connectivity index (χ2v) is 7.86. The average molecular weight is 306 g/mol. The molecule has 0 bridgehead atoms. The van der Waals surface area contributed by atoms with Crippen LogP contribution < -0.4 is 0 Å². The Balaban J connectivity index is 1.69. The highest BCUT2D eigenvalue weighted by Gasteiger charge is 2.39. The molecule has 0 aliphatic heterocycles. The minimum Gasteiger partial charge on any atom is -0.294 e. The molecule has 1 aliphatic carbocycles. The van der Waals surface area contributed by atoms with Gasteiger partial charge in [0, 0.05) is 12.0 Å². The van der Waals surface area contributed by atoms with Gasteiger partial charge in [-0.2, -0.15) is 0 Å². The maximum absolute atomic E-state index is 12.4. The van der Waals surface area contributed by atoms with Crippen molar-refractivity contribution in [1.29, 1.82) is 0 Å². The fraction of sp³-hybridized carbons (Fsp3) is 0.409. The lowest BCUT2D eigenvalue weighted by atomic mass is 9.59. The second kappa shape index (κ2) is 6.31. The van der Waals surface area contributed by atoms with E-state index in [0.29, 0.717) is 17.8 Å². The molecule has 120 valence electrons. The van der Waals surface area contributed by atoms with E-state index in [-0.39, 0.29) is 5.78 Å². The summed E-state index contributed by atoms with van der Waals surface area (Å²) in [6, 6.07) is 18.3. The Hall–Kier alpha value is -1.89. The van der Waals surface area contributed by atoms with Crippen LogP contribution in [-0.2, 0) is 6.42 Å². The van der Waals surface area contributed by atoms with Crippen LogP contribution in [0.4, 0.5) is 0 Å². The number of hydrogen-bond donors (Lipinski definition) is 0. The van der Waals surface area contributed by atoms with Gasteiger partial charge in [0.2, 0.25) is 0 Å². The first-order valence-electron chi connectivity index (χ1n) is 8.62. The highest BCUT2D eigenvalue weighted by atomic mass is 16.1. The molecule has 0 aromatic heterocycles. The quantitative estimate of drug-likeness (QED) is 0.667. The number of hydrogen-bond acceptors (Lipinski definition) is 1. The number of carbonyl (C=O) groups is 1. The summed E-state index contributed by atoms with van der Waals surface area (Å²) >= 11 is 0. The number of Topliss-reactive ketones (excluding diaryl/α,β-unsaturated/α-hetero) is 1. The minimum atomic E-state index is 0.198. The van der Waals surface area contributed by atoms with Crippen LogP contribution in [0.3, 0.4) is 0 Å². The third kappa shape index (κ3) is 3.55. The Bertz CT molecular complexity index is 661. The smallest absolute Gasteiger partial charge is 0.167 e. The van der Waals surface area contributed by atoms with Crippen molar-refractivity contribution in [2.24, 2.45) is 11.3 Å². The van der Waals surface area contributed by atoms with Gasteiger partial charge in [-0.3, -0.25) is 4.79 Å². The number of ketones is 1. The van der Waals surface area contributed by atoms with Crippen LogP contribution in [0.5, 0.6) is 0 Å². The molecule has 1 aliphatic rings. The zero-order chi connectivity index (χ0) is 16.4. The van der Waals surface area contributed by atoms with Gasteiger partial charge in [-0.1, -0.05) is 75.4 Å². The predicted molar refractivity (Wildman–Crippen MR) is 95.8 cm³/mol. The standard InChI is InChI=1S/C22H26O/c1-22(2,3)20-14-13-19(20)17-9-11-18(12-10-17)21(23)15-16-7-5-4-6-8-16/h4-12,19-20H,13-15H2,1-3H3. The van der Waals surface area contributed by atoms with Gasteiger partial charge >= 0.3 is 0 Å². The Morgan fingerprint density at radius 3 is 2.13 bits per heavy atom. The molecule has 1 nitrogen and oxygen atoms in total. The Labute approximate surface area is 139 Å². The van der Waals surface area contributed by atoms with Crippen LogP contribution in [0.15, 0.2) is 54.6 Å². The maximum atomic E-state index is 12.4. The molecule has 0 spiro atoms. The Morgan fingerprint density at radius 1 is 0.957 bits per heavy atom. The van der Waals surface area contributed by atoms with Crippen molar-refractivity contribution in [3.05, 3.63) is 71.3 Å². The zero-order valence-corrected chi connectivity index (χ0v) is 14.4. The summed E-state index contributed by atoms with van der Waals surface area (Å²) in [5.74, 6) is 1.62. The van der Waals surface area contributed by atoms with Crippen LogP contribution >= 0.6 is 0 Å². The van der Waals surface area contributed by atoms with Crippen molar-refractivity contribution in [2.45, 2.75) is 46.0 Å². The van der Waals surface area contributed by atoms with Crippen LogP contribution in [0.2, 0.25) is 0 Å². The van der Waals surface area contributed by atoms with Crippen molar-refractivity contribution in [2.75, 3.05) is 0 Å². The summed E-state index contributed by atoms with van der Waals surface area (Å²) in [7, 11) is 0. The highest BCUT2D eigenvalue weighted by molar-refractivity contribution is 5.97. The average Bonchev–Trinajstić information content (AvgIpc) is 2.46. The normalized spacial score (nSPS) is 20.8. The van der Waals surface area contributed by atoms with E-state index in [1.54, 1.807) is 0 Å². The Morgan fingerprint density at radius 2 is 1.61 bits per heavy atom. The fourth-order valence-electron chi connectivity index (χ4n) is 3.74. The summed E-state index contributed by atoms with van der Waals surface area (Å²) in [6.45, 7) is 7.00. The summed E-state index contributed by atoms with van der Waals surface area (Å²) in [5, 5.41) is 0. The molecule has 1 saturated carbocycles. The van der Waals surface area contributed by atoms with E-state index in [1.165, 1.54) is 18.4 Å². The molecule has 0 heterocycles. The summed E-state index contributed by atoms with van der Waals surface area (Å²) in [5.41, 5.74) is 3.66. The molecule has 2 unspecified atom stereocenters. The molecule has 0 radical (unpaired) electrons. The third-order valence-electron chi connectivity index (χ3n) is 5.26. The first-order valence-corrected chi connectivity index (χ1v) is 8.62. The molecular weight excluding hydrogens is 280 g/mol. The molecule has 23 heavy (non-hydrogen) atoms. The van der Waals surface area contributed by atoms with E-state index in [9.17, 15) is 4.79 Å². The molecule has 2 atom stereocenters. The minimum absolute atomic E-state index is 0.198. The largest absolute Gasteiger partial charge is 0.294 e. The van der Waals surface area contributed by atoms with Gasteiger partial charge in [0.05, 0.1) is 0 Å². The van der Waals surface area contributed by atoms with Gasteiger partial charge in [-0.15, -0.1) is 0 Å². The van der Waals surface area contributed by atoms with E-state index in [1.807, 2.05) is 42.5 Å². The fourth-order valence-corrected chi connectivity index (χ4v) is 3.74. The van der Waals surface area contributed by atoms with Gasteiger partial charge in [0.15, 0.2) is 5.78 Å². The number of benzene rings is 2. The molecule has 0 N–H and O–H groups in total. The van der Waals surface area contributed by atoms with E-state index in [2.05, 4.69) is 32.9 Å². The lowest BCUT2D eigenvalue weighted by Crippen LogP contribution is -2.34. The third-order valence-corrected chi connectivity index (χ3v) is 5.26. The molecule has 2 aromatic carbocycles. The van der Waals surface area contributed by atoms with Gasteiger partial charge in [-0.05, 0) is 41.2 Å². The highest BCUT2D eigenvalue weighted by Crippen LogP contribution is 2.51. The first-order chi connectivity index (χ1) is 10.9. The molecule has 0 saturated heterocycles. The van der Waals surface area contributed by atoms with Gasteiger partial charge < -0.3 is 0 Å².